The molecule has 1 spiro atoms. The monoisotopic (exact) mass is 528 g/mol. The van der Waals surface area contributed by atoms with Crippen molar-refractivity contribution in [1.82, 2.24) is 0 Å². The average molecular weight is 528 g/mol. The van der Waals surface area contributed by atoms with Crippen molar-refractivity contribution in [2.24, 2.45) is 5.41 Å². The highest BCUT2D eigenvalue weighted by molar-refractivity contribution is 6.29. The second-order valence-electron chi connectivity index (χ2n) is 11.1. The van der Waals surface area contributed by atoms with Gasteiger partial charge >= 0.3 is 0 Å². The Labute approximate surface area is 219 Å². The average Bonchev–Trinajstić information content (AvgIpc) is 3.10. The number of benzene rings is 2. The molecular formula is C29H20O10. The molecule has 5 aliphatic carbocycles. The third-order valence-corrected chi connectivity index (χ3v) is 9.19. The van der Waals surface area contributed by atoms with Crippen LogP contribution in [0.3, 0.4) is 0 Å². The lowest BCUT2D eigenvalue weighted by molar-refractivity contribution is -0.133. The first kappa shape index (κ1) is 23.5. The zero-order valence-electron chi connectivity index (χ0n) is 20.6. The van der Waals surface area contributed by atoms with Gasteiger partial charge in [0.2, 0.25) is 0 Å². The Morgan fingerprint density at radius 1 is 0.872 bits per heavy atom. The van der Waals surface area contributed by atoms with Crippen molar-refractivity contribution in [3.63, 3.8) is 0 Å². The Kier molecular flexibility index (Phi) is 4.05. The first-order valence-corrected chi connectivity index (χ1v) is 12.3. The van der Waals surface area contributed by atoms with Crippen LogP contribution in [0, 0.1) is 12.3 Å². The van der Waals surface area contributed by atoms with Crippen LogP contribution in [-0.2, 0) is 9.59 Å². The Hall–Kier alpha value is -4.57. The van der Waals surface area contributed by atoms with Crippen LogP contribution in [0.2, 0.25) is 0 Å². The van der Waals surface area contributed by atoms with Crippen LogP contribution in [0.25, 0.3) is 5.76 Å². The van der Waals surface area contributed by atoms with Gasteiger partial charge in [-0.1, -0.05) is 0 Å². The number of phenolic OH excluding ortho intramolecular Hbond substituents is 3. The maximum atomic E-state index is 14.2. The number of aromatic hydroxyl groups is 3. The van der Waals surface area contributed by atoms with Gasteiger partial charge in [0.1, 0.15) is 34.2 Å². The van der Waals surface area contributed by atoms with E-state index in [1.54, 1.807) is 6.92 Å². The maximum Gasteiger partial charge on any atom is 0.193 e. The minimum absolute atomic E-state index is 0.0217. The van der Waals surface area contributed by atoms with Crippen LogP contribution >= 0.6 is 0 Å². The summed E-state index contributed by atoms with van der Waals surface area (Å²) in [6, 6.07) is 2.67. The van der Waals surface area contributed by atoms with Gasteiger partial charge in [-0.15, -0.1) is 0 Å². The number of hydrogen-bond donors (Lipinski definition) is 5. The zero-order chi connectivity index (χ0) is 28.1. The SMILES string of the molecule is CC1=CC(=O)c2c(O)c3c(c(O)c2C1=O)C1C(=O)C[C@]24C(=O)c5cc(C)cc(O)c5C(O)=C2C(=O)[C@H]3C[C@]14O. The normalized spacial score (nSPS) is 30.1. The predicted octanol–water partition coefficient (Wildman–Crippen LogP) is 2.45. The summed E-state index contributed by atoms with van der Waals surface area (Å²) >= 11 is 0. The van der Waals surface area contributed by atoms with E-state index in [0.717, 1.165) is 6.08 Å². The minimum atomic E-state index is -2.34. The summed E-state index contributed by atoms with van der Waals surface area (Å²) < 4.78 is 0. The topological polar surface area (TPSA) is 186 Å². The Balaban J connectivity index is 1.63. The van der Waals surface area contributed by atoms with E-state index in [9.17, 15) is 49.5 Å². The molecule has 0 radical (unpaired) electrons. The van der Waals surface area contributed by atoms with Crippen LogP contribution in [0.1, 0.15) is 84.9 Å². The van der Waals surface area contributed by atoms with Gasteiger partial charge in [-0.2, -0.15) is 0 Å². The molecule has 2 aromatic rings. The molecule has 2 fully saturated rings. The lowest BCUT2D eigenvalue weighted by atomic mass is 9.48. The van der Waals surface area contributed by atoms with Crippen molar-refractivity contribution < 1.29 is 49.5 Å². The van der Waals surface area contributed by atoms with Crippen molar-refractivity contribution in [2.45, 2.75) is 44.1 Å². The number of aliphatic hydroxyl groups is 2. The fraction of sp³-hybridized carbons (Fsp3) is 0.276. The van der Waals surface area contributed by atoms with Crippen LogP contribution in [0.15, 0.2) is 29.4 Å². The molecule has 0 saturated heterocycles. The fourth-order valence-corrected chi connectivity index (χ4v) is 7.71. The van der Waals surface area contributed by atoms with Crippen LogP contribution < -0.4 is 0 Å². The molecule has 0 amide bonds. The number of allylic oxidation sites excluding steroid dienone is 2. The van der Waals surface area contributed by atoms with E-state index in [-0.39, 0.29) is 27.8 Å². The molecule has 7 rings (SSSR count). The zero-order valence-corrected chi connectivity index (χ0v) is 20.6. The van der Waals surface area contributed by atoms with Gasteiger partial charge in [0.25, 0.3) is 0 Å². The Bertz CT molecular complexity index is 1790. The highest BCUT2D eigenvalue weighted by Gasteiger charge is 2.77. The summed E-state index contributed by atoms with van der Waals surface area (Å²) in [4.78, 5) is 67.8. The number of Topliss-reactive ketones (excluding diaryl/α,β-unsaturated/α-hetero) is 4. The van der Waals surface area contributed by atoms with Gasteiger partial charge in [-0.05, 0) is 44.0 Å². The van der Waals surface area contributed by atoms with Gasteiger partial charge in [-0.25, -0.2) is 0 Å². The third-order valence-electron chi connectivity index (χ3n) is 9.19. The summed E-state index contributed by atoms with van der Waals surface area (Å²) in [5, 5.41) is 57.0. The molecule has 2 bridgehead atoms. The molecule has 5 N–H and O–H groups in total. The van der Waals surface area contributed by atoms with Gasteiger partial charge in [-0.3, -0.25) is 24.0 Å². The maximum absolute atomic E-state index is 14.2. The number of rotatable bonds is 0. The first-order chi connectivity index (χ1) is 18.3. The standard InChI is InChI=1S/C29H20O10/c1-8-3-10-15(12(30)4-8)26(37)21-23(34)11-6-29(39)20(14(32)7-28(21,29)27(10)38)18-16(11)24(35)17-13(31)5-9(2)22(33)19(17)25(18)36/h3-5,11,20,30,35-37,39H,6-7H2,1-2H3/t11-,20?,28+,29-/m0/s1. The molecule has 10 nitrogen and oxygen atoms in total. The van der Waals surface area contributed by atoms with Crippen LogP contribution in [0.4, 0.5) is 0 Å². The number of phenols is 3. The Morgan fingerprint density at radius 3 is 2.23 bits per heavy atom. The highest BCUT2D eigenvalue weighted by atomic mass is 16.3. The molecule has 0 aromatic heterocycles. The number of hydrogen-bond acceptors (Lipinski definition) is 10. The number of aryl methyl sites for hydroxylation is 1. The van der Waals surface area contributed by atoms with E-state index in [2.05, 4.69) is 0 Å². The van der Waals surface area contributed by atoms with Gasteiger partial charge in [0, 0.05) is 28.7 Å². The van der Waals surface area contributed by atoms with E-state index in [4.69, 9.17) is 0 Å². The number of aliphatic hydroxyl groups excluding tert-OH is 1. The highest BCUT2D eigenvalue weighted by Crippen LogP contribution is 2.71. The molecule has 39 heavy (non-hydrogen) atoms. The summed E-state index contributed by atoms with van der Waals surface area (Å²) in [5.41, 5.74) is -6.93. The summed E-state index contributed by atoms with van der Waals surface area (Å²) in [6.45, 7) is 2.94. The largest absolute Gasteiger partial charge is 0.507 e. The molecular weight excluding hydrogens is 508 g/mol. The van der Waals surface area contributed by atoms with E-state index >= 15 is 0 Å². The fourth-order valence-electron chi connectivity index (χ4n) is 7.71. The van der Waals surface area contributed by atoms with Crippen LogP contribution in [0.5, 0.6) is 17.2 Å². The van der Waals surface area contributed by atoms with Crippen molar-refractivity contribution in [2.75, 3.05) is 0 Å². The molecule has 0 heterocycles. The second-order valence-corrected chi connectivity index (χ2v) is 11.1. The number of carbonyl (C=O) groups excluding carboxylic acids is 5. The molecule has 2 aromatic carbocycles. The van der Waals surface area contributed by atoms with E-state index in [1.807, 2.05) is 0 Å². The van der Waals surface area contributed by atoms with Gasteiger partial charge < -0.3 is 25.5 Å². The van der Waals surface area contributed by atoms with Crippen molar-refractivity contribution >= 4 is 34.7 Å². The minimum Gasteiger partial charge on any atom is -0.507 e. The molecule has 2 saturated carbocycles. The molecule has 0 aliphatic heterocycles. The van der Waals surface area contributed by atoms with E-state index < -0.39 is 104 Å². The molecule has 5 aliphatic rings. The second kappa shape index (κ2) is 6.70. The van der Waals surface area contributed by atoms with E-state index in [0.29, 0.717) is 5.56 Å². The number of carbonyl (C=O) groups is 5. The first-order valence-electron chi connectivity index (χ1n) is 12.3. The molecule has 1 unspecified atom stereocenters. The van der Waals surface area contributed by atoms with Gasteiger partial charge in [0.05, 0.1) is 39.7 Å². The third kappa shape index (κ3) is 2.28. The van der Waals surface area contributed by atoms with E-state index in [1.165, 1.54) is 19.1 Å². The Morgan fingerprint density at radius 2 is 1.54 bits per heavy atom. The molecule has 196 valence electrons. The summed E-state index contributed by atoms with van der Waals surface area (Å²) in [6.07, 6.45) is -0.241. The summed E-state index contributed by atoms with van der Waals surface area (Å²) in [5.74, 6) is -10.1. The quantitative estimate of drug-likeness (QED) is 0.318. The lowest BCUT2D eigenvalue weighted by Gasteiger charge is -2.54. The van der Waals surface area contributed by atoms with Crippen molar-refractivity contribution in [1.29, 1.82) is 0 Å². The van der Waals surface area contributed by atoms with Crippen molar-refractivity contribution in [3.8, 4) is 17.2 Å². The molecule has 4 atom stereocenters. The summed E-state index contributed by atoms with van der Waals surface area (Å²) in [7, 11) is 0. The predicted molar refractivity (Wildman–Crippen MR) is 131 cm³/mol. The lowest BCUT2D eigenvalue weighted by Crippen LogP contribution is -2.62. The van der Waals surface area contributed by atoms with Gasteiger partial charge in [0.15, 0.2) is 23.1 Å². The number of ketones is 5. The smallest absolute Gasteiger partial charge is 0.193 e. The number of fused-ring (bicyclic) bond motifs is 6. The molecule has 10 heteroatoms. The van der Waals surface area contributed by atoms with Crippen LogP contribution in [-0.4, -0.2) is 60.0 Å². The van der Waals surface area contributed by atoms with Crippen molar-refractivity contribution in [3.05, 3.63) is 68.3 Å².